The molecule has 0 spiro atoms. The largest absolute Gasteiger partial charge is 0.480 e. The Kier molecular flexibility index (Phi) is 4.63. The molecule has 0 radical (unpaired) electrons. The third-order valence-corrected chi connectivity index (χ3v) is 2.44. The minimum absolute atomic E-state index is 0.144. The van der Waals surface area contributed by atoms with Gasteiger partial charge in [-0.2, -0.15) is 0 Å². The highest BCUT2D eigenvalue weighted by atomic mass is 35.5. The predicted molar refractivity (Wildman–Crippen MR) is 62.0 cm³/mol. The van der Waals surface area contributed by atoms with Gasteiger partial charge in [-0.1, -0.05) is 11.6 Å². The Balaban J connectivity index is 2.94. The van der Waals surface area contributed by atoms with Crippen LogP contribution in [0.1, 0.15) is 17.3 Å². The quantitative estimate of drug-likeness (QED) is 0.766. The van der Waals surface area contributed by atoms with E-state index >= 15 is 0 Å². The molecule has 1 amide bonds. The summed E-state index contributed by atoms with van der Waals surface area (Å²) in [6.07, 6.45) is -1.31. The van der Waals surface area contributed by atoms with E-state index in [1.54, 1.807) is 0 Å². The van der Waals surface area contributed by atoms with Crippen molar-refractivity contribution in [3.8, 4) is 0 Å². The van der Waals surface area contributed by atoms with Crippen LogP contribution in [-0.4, -0.2) is 34.2 Å². The lowest BCUT2D eigenvalue weighted by atomic mass is 10.1. The first-order valence-electron chi connectivity index (χ1n) is 4.99. The first-order chi connectivity index (χ1) is 8.32. The van der Waals surface area contributed by atoms with Crippen LogP contribution in [0.15, 0.2) is 18.2 Å². The summed E-state index contributed by atoms with van der Waals surface area (Å²) in [5.41, 5.74) is -0.380. The Morgan fingerprint density at radius 1 is 1.44 bits per heavy atom. The number of carbonyl (C=O) groups is 2. The Labute approximate surface area is 107 Å². The average molecular weight is 276 g/mol. The SMILES string of the molecule is C[C@@H](O)[C@H](NC(=O)c1cc(Cl)ccc1F)C(=O)O. The third kappa shape index (κ3) is 3.41. The third-order valence-electron chi connectivity index (χ3n) is 2.21. The van der Waals surface area contributed by atoms with Gasteiger partial charge in [0.1, 0.15) is 5.82 Å². The van der Waals surface area contributed by atoms with Gasteiger partial charge in [-0.05, 0) is 25.1 Å². The lowest BCUT2D eigenvalue weighted by Gasteiger charge is -2.17. The van der Waals surface area contributed by atoms with Gasteiger partial charge in [0.25, 0.3) is 5.91 Å². The van der Waals surface area contributed by atoms with E-state index in [1.807, 2.05) is 5.32 Å². The fraction of sp³-hybridized carbons (Fsp3) is 0.273. The van der Waals surface area contributed by atoms with Crippen LogP contribution < -0.4 is 5.32 Å². The van der Waals surface area contributed by atoms with Crippen LogP contribution in [0.3, 0.4) is 0 Å². The lowest BCUT2D eigenvalue weighted by molar-refractivity contribution is -0.141. The number of hydrogen-bond donors (Lipinski definition) is 3. The van der Waals surface area contributed by atoms with Gasteiger partial charge in [0.15, 0.2) is 6.04 Å². The number of rotatable bonds is 4. The monoisotopic (exact) mass is 275 g/mol. The summed E-state index contributed by atoms with van der Waals surface area (Å²) in [4.78, 5) is 22.4. The average Bonchev–Trinajstić information content (AvgIpc) is 2.28. The van der Waals surface area contributed by atoms with Crippen LogP contribution in [0, 0.1) is 5.82 Å². The fourth-order valence-electron chi connectivity index (χ4n) is 1.28. The zero-order chi connectivity index (χ0) is 13.9. The molecule has 0 aliphatic rings. The van der Waals surface area contributed by atoms with Gasteiger partial charge in [0.2, 0.25) is 0 Å². The van der Waals surface area contributed by atoms with E-state index in [9.17, 15) is 19.1 Å². The summed E-state index contributed by atoms with van der Waals surface area (Å²) in [5.74, 6) is -3.20. The number of carboxylic acid groups (broad SMARTS) is 1. The highest BCUT2D eigenvalue weighted by Crippen LogP contribution is 2.15. The van der Waals surface area contributed by atoms with E-state index < -0.39 is 29.8 Å². The maximum atomic E-state index is 13.3. The van der Waals surface area contributed by atoms with E-state index in [2.05, 4.69) is 0 Å². The summed E-state index contributed by atoms with van der Waals surface area (Å²) < 4.78 is 13.3. The molecular weight excluding hydrogens is 265 g/mol. The molecule has 0 heterocycles. The summed E-state index contributed by atoms with van der Waals surface area (Å²) in [6, 6.07) is 1.82. The standard InChI is InChI=1S/C11H11ClFNO4/c1-5(15)9(11(17)18)14-10(16)7-4-6(12)2-3-8(7)13/h2-5,9,15H,1H3,(H,14,16)(H,17,18)/t5-,9+/m1/s1. The molecule has 0 saturated carbocycles. The molecule has 3 N–H and O–H groups in total. The number of hydrogen-bond acceptors (Lipinski definition) is 3. The van der Waals surface area contributed by atoms with E-state index in [0.717, 1.165) is 12.1 Å². The normalized spacial score (nSPS) is 13.8. The summed E-state index contributed by atoms with van der Waals surface area (Å²) in [7, 11) is 0. The highest BCUT2D eigenvalue weighted by Gasteiger charge is 2.26. The molecule has 2 atom stereocenters. The van der Waals surface area contributed by atoms with Gasteiger partial charge in [0.05, 0.1) is 11.7 Å². The van der Waals surface area contributed by atoms with Crippen LogP contribution in [0.4, 0.5) is 4.39 Å². The van der Waals surface area contributed by atoms with Crippen LogP contribution in [0.5, 0.6) is 0 Å². The molecule has 1 rings (SSSR count). The summed E-state index contributed by atoms with van der Waals surface area (Å²) in [6.45, 7) is 1.20. The lowest BCUT2D eigenvalue weighted by Crippen LogP contribution is -2.47. The van der Waals surface area contributed by atoms with Gasteiger partial charge in [0, 0.05) is 5.02 Å². The van der Waals surface area contributed by atoms with Crippen molar-refractivity contribution in [3.63, 3.8) is 0 Å². The topological polar surface area (TPSA) is 86.6 Å². The van der Waals surface area contributed by atoms with Gasteiger partial charge in [-0.25, -0.2) is 9.18 Å². The van der Waals surface area contributed by atoms with Crippen molar-refractivity contribution in [2.75, 3.05) is 0 Å². The molecule has 0 saturated heterocycles. The number of carbonyl (C=O) groups excluding carboxylic acids is 1. The predicted octanol–water partition coefficient (Wildman–Crippen LogP) is 1.04. The Bertz CT molecular complexity index is 478. The maximum Gasteiger partial charge on any atom is 0.328 e. The Morgan fingerprint density at radius 3 is 2.56 bits per heavy atom. The number of carboxylic acids is 1. The second-order valence-corrected chi connectivity index (χ2v) is 4.09. The molecule has 5 nitrogen and oxygen atoms in total. The molecule has 0 aliphatic heterocycles. The van der Waals surface area contributed by atoms with Crippen molar-refractivity contribution in [2.24, 2.45) is 0 Å². The van der Waals surface area contributed by atoms with Crippen molar-refractivity contribution in [1.82, 2.24) is 5.32 Å². The van der Waals surface area contributed by atoms with Crippen molar-refractivity contribution in [1.29, 1.82) is 0 Å². The zero-order valence-corrected chi connectivity index (χ0v) is 10.1. The van der Waals surface area contributed by atoms with Crippen molar-refractivity contribution in [3.05, 3.63) is 34.6 Å². The number of nitrogens with one attached hydrogen (secondary N) is 1. The molecule has 0 unspecified atom stereocenters. The van der Waals surface area contributed by atoms with Crippen molar-refractivity contribution in [2.45, 2.75) is 19.1 Å². The zero-order valence-electron chi connectivity index (χ0n) is 9.35. The molecule has 7 heteroatoms. The number of benzene rings is 1. The van der Waals surface area contributed by atoms with Gasteiger partial charge < -0.3 is 15.5 Å². The molecular formula is C11H11ClFNO4. The Hall–Kier alpha value is -1.66. The van der Waals surface area contributed by atoms with Crippen LogP contribution in [0.2, 0.25) is 5.02 Å². The molecule has 18 heavy (non-hydrogen) atoms. The van der Waals surface area contributed by atoms with Crippen LogP contribution in [0.25, 0.3) is 0 Å². The Morgan fingerprint density at radius 2 is 2.06 bits per heavy atom. The number of amides is 1. The minimum Gasteiger partial charge on any atom is -0.480 e. The van der Waals surface area contributed by atoms with E-state index in [-0.39, 0.29) is 10.6 Å². The molecule has 0 bridgehead atoms. The van der Waals surface area contributed by atoms with Crippen LogP contribution >= 0.6 is 11.6 Å². The first-order valence-corrected chi connectivity index (χ1v) is 5.37. The van der Waals surface area contributed by atoms with Crippen molar-refractivity contribution < 1.29 is 24.2 Å². The maximum absolute atomic E-state index is 13.3. The smallest absolute Gasteiger partial charge is 0.328 e. The molecule has 0 aromatic heterocycles. The van der Waals surface area contributed by atoms with Crippen LogP contribution in [-0.2, 0) is 4.79 Å². The highest BCUT2D eigenvalue weighted by molar-refractivity contribution is 6.31. The van der Waals surface area contributed by atoms with E-state index in [1.165, 1.54) is 13.0 Å². The molecule has 1 aromatic rings. The number of aliphatic hydroxyl groups is 1. The molecule has 1 aromatic carbocycles. The fourth-order valence-corrected chi connectivity index (χ4v) is 1.45. The van der Waals surface area contributed by atoms with Crippen molar-refractivity contribution >= 4 is 23.5 Å². The van der Waals surface area contributed by atoms with Gasteiger partial charge in [-0.15, -0.1) is 0 Å². The molecule has 0 aliphatic carbocycles. The first kappa shape index (κ1) is 14.4. The van der Waals surface area contributed by atoms with Gasteiger partial charge in [-0.3, -0.25) is 4.79 Å². The van der Waals surface area contributed by atoms with E-state index in [0.29, 0.717) is 0 Å². The minimum atomic E-state index is -1.52. The van der Waals surface area contributed by atoms with Gasteiger partial charge >= 0.3 is 5.97 Å². The second kappa shape index (κ2) is 5.79. The number of halogens is 2. The number of aliphatic hydroxyl groups excluding tert-OH is 1. The summed E-state index contributed by atoms with van der Waals surface area (Å²) in [5, 5.41) is 20.1. The second-order valence-electron chi connectivity index (χ2n) is 3.65. The molecule has 0 fully saturated rings. The van der Waals surface area contributed by atoms with E-state index in [4.69, 9.17) is 16.7 Å². The molecule has 98 valence electrons. The summed E-state index contributed by atoms with van der Waals surface area (Å²) >= 11 is 5.61. The number of aliphatic carboxylic acids is 1.